The van der Waals surface area contributed by atoms with Gasteiger partial charge in [0.05, 0.1) is 18.6 Å². The molecule has 7 nitrogen and oxygen atoms in total. The van der Waals surface area contributed by atoms with Crippen LogP contribution in [0, 0.1) is 11.8 Å². The molecule has 7 heteroatoms. The van der Waals surface area contributed by atoms with Crippen molar-refractivity contribution in [2.24, 2.45) is 11.8 Å². The van der Waals surface area contributed by atoms with E-state index in [0.717, 1.165) is 31.2 Å². The quantitative estimate of drug-likeness (QED) is 0.160. The summed E-state index contributed by atoms with van der Waals surface area (Å²) in [6, 6.07) is 9.29. The first-order valence-electron chi connectivity index (χ1n) is 14.1. The number of ether oxygens (including phenoxy) is 1. The van der Waals surface area contributed by atoms with Crippen molar-refractivity contribution in [1.82, 2.24) is 10.2 Å². The highest BCUT2D eigenvalue weighted by molar-refractivity contribution is 5.86. The Hall–Kier alpha value is -2.93. The van der Waals surface area contributed by atoms with E-state index in [4.69, 9.17) is 4.74 Å². The van der Waals surface area contributed by atoms with Gasteiger partial charge in [-0.05, 0) is 37.2 Å². The summed E-state index contributed by atoms with van der Waals surface area (Å²) < 4.78 is 5.54. The summed E-state index contributed by atoms with van der Waals surface area (Å²) in [5.41, 5.74) is 0.960. The fraction of sp³-hybridized carbons (Fsp3) is 0.581. The van der Waals surface area contributed by atoms with Crippen molar-refractivity contribution in [2.45, 2.75) is 83.2 Å². The average Bonchev–Trinajstić information content (AvgIpc) is 2.92. The molecule has 1 aromatic carbocycles. The van der Waals surface area contributed by atoms with Crippen molar-refractivity contribution in [3.63, 3.8) is 0 Å². The second kappa shape index (κ2) is 18.3. The number of unbranched alkanes of at least 4 members (excludes halogenated alkanes) is 1. The number of esters is 1. The molecular weight excluding hydrogens is 480 g/mol. The third kappa shape index (κ3) is 12.1. The minimum atomic E-state index is -0.589. The molecule has 1 aliphatic rings. The number of amides is 2. The Morgan fingerprint density at radius 3 is 2.50 bits per heavy atom. The van der Waals surface area contributed by atoms with Gasteiger partial charge in [-0.2, -0.15) is 0 Å². The monoisotopic (exact) mass is 526 g/mol. The highest BCUT2D eigenvalue weighted by atomic mass is 16.5. The van der Waals surface area contributed by atoms with Crippen molar-refractivity contribution in [2.75, 3.05) is 19.8 Å². The predicted molar refractivity (Wildman–Crippen MR) is 150 cm³/mol. The van der Waals surface area contributed by atoms with E-state index >= 15 is 0 Å². The van der Waals surface area contributed by atoms with Gasteiger partial charge in [0.15, 0.2) is 0 Å². The molecule has 0 aromatic heterocycles. The van der Waals surface area contributed by atoms with E-state index in [1.807, 2.05) is 30.3 Å². The number of aliphatic hydroxyl groups is 1. The second-order valence-corrected chi connectivity index (χ2v) is 10.3. The summed E-state index contributed by atoms with van der Waals surface area (Å²) in [7, 11) is 0. The zero-order valence-corrected chi connectivity index (χ0v) is 22.8. The number of benzene rings is 1. The van der Waals surface area contributed by atoms with Gasteiger partial charge in [-0.3, -0.25) is 14.4 Å². The van der Waals surface area contributed by atoms with Crippen LogP contribution < -0.4 is 5.32 Å². The lowest BCUT2D eigenvalue weighted by molar-refractivity contribution is -0.145. The summed E-state index contributed by atoms with van der Waals surface area (Å²) in [6.45, 7) is 8.01. The summed E-state index contributed by atoms with van der Waals surface area (Å²) >= 11 is 0. The first-order valence-corrected chi connectivity index (χ1v) is 14.1. The van der Waals surface area contributed by atoms with Crippen LogP contribution in [0.25, 0.3) is 0 Å². The number of rotatable bonds is 18. The molecule has 2 atom stereocenters. The Morgan fingerprint density at radius 1 is 1.11 bits per heavy atom. The maximum absolute atomic E-state index is 13.4. The van der Waals surface area contributed by atoms with Gasteiger partial charge in [-0.1, -0.05) is 74.6 Å². The van der Waals surface area contributed by atoms with E-state index in [1.165, 1.54) is 19.3 Å². The van der Waals surface area contributed by atoms with Gasteiger partial charge in [-0.25, -0.2) is 0 Å². The van der Waals surface area contributed by atoms with E-state index in [0.29, 0.717) is 31.7 Å². The highest BCUT2D eigenvalue weighted by Crippen LogP contribution is 2.28. The lowest BCUT2D eigenvalue weighted by Gasteiger charge is -2.29. The van der Waals surface area contributed by atoms with Gasteiger partial charge in [0.2, 0.25) is 11.8 Å². The Labute approximate surface area is 228 Å². The topological polar surface area (TPSA) is 95.9 Å². The number of carbonyl (C=O) groups excluding carboxylic acids is 3. The summed E-state index contributed by atoms with van der Waals surface area (Å²) in [5, 5.41) is 12.6. The number of hydrogen-bond donors (Lipinski definition) is 2. The number of nitrogens with zero attached hydrogens (tertiary/aromatic N) is 1. The van der Waals surface area contributed by atoms with Gasteiger partial charge >= 0.3 is 5.97 Å². The molecule has 0 saturated heterocycles. The number of aliphatic hydroxyl groups excluding tert-OH is 1. The SMILES string of the molecule is C=CCCCC(=O)OC[C@H](CC1CCCCC1)NC(=O)[C@H](CC=C)CC(=O)N(CCO)Cc1ccccc1. The van der Waals surface area contributed by atoms with Gasteiger partial charge in [0.25, 0.3) is 0 Å². The van der Waals surface area contributed by atoms with Gasteiger partial charge < -0.3 is 20.1 Å². The van der Waals surface area contributed by atoms with Gasteiger partial charge in [0.1, 0.15) is 6.61 Å². The summed E-state index contributed by atoms with van der Waals surface area (Å²) in [4.78, 5) is 40.4. The second-order valence-electron chi connectivity index (χ2n) is 10.3. The summed E-state index contributed by atoms with van der Waals surface area (Å²) in [5.74, 6) is -0.797. The molecule has 210 valence electrons. The van der Waals surface area contributed by atoms with Crippen LogP contribution in [0.15, 0.2) is 55.6 Å². The van der Waals surface area contributed by atoms with Crippen LogP contribution in [0.5, 0.6) is 0 Å². The van der Waals surface area contributed by atoms with E-state index in [9.17, 15) is 19.5 Å². The Bertz CT molecular complexity index is 866. The van der Waals surface area contributed by atoms with Crippen molar-refractivity contribution < 1.29 is 24.2 Å². The molecular formula is C31H46N2O5. The molecule has 1 saturated carbocycles. The standard InChI is InChI=1S/C31H46N2O5/c1-3-5-8-18-30(36)38-24-28(21-25-14-9-6-10-15-25)32-31(37)27(13-4-2)22-29(35)33(19-20-34)23-26-16-11-7-12-17-26/h3-4,7,11-12,16-17,25,27-28,34H,1-2,5-6,8-10,13-15,18-24H2,(H,32,37)/t27-,28+/m1/s1. The Kier molecular flexibility index (Phi) is 15.1. The summed E-state index contributed by atoms with van der Waals surface area (Å²) in [6.07, 6.45) is 12.2. The van der Waals surface area contributed by atoms with Crippen LogP contribution in [0.1, 0.15) is 76.2 Å². The molecule has 1 fully saturated rings. The van der Waals surface area contributed by atoms with Crippen LogP contribution in [0.2, 0.25) is 0 Å². The molecule has 0 radical (unpaired) electrons. The Balaban J connectivity index is 2.03. The third-order valence-corrected chi connectivity index (χ3v) is 7.11. The normalized spacial score (nSPS) is 15.2. The van der Waals surface area contributed by atoms with Crippen molar-refractivity contribution in [1.29, 1.82) is 0 Å². The van der Waals surface area contributed by atoms with Crippen molar-refractivity contribution in [3.8, 4) is 0 Å². The van der Waals surface area contributed by atoms with E-state index in [1.54, 1.807) is 17.1 Å². The number of allylic oxidation sites excluding steroid dienone is 2. The maximum atomic E-state index is 13.4. The molecule has 2 N–H and O–H groups in total. The minimum Gasteiger partial charge on any atom is -0.463 e. The number of hydrogen-bond acceptors (Lipinski definition) is 5. The fourth-order valence-corrected chi connectivity index (χ4v) is 5.01. The van der Waals surface area contributed by atoms with Crippen LogP contribution in [0.3, 0.4) is 0 Å². The Morgan fingerprint density at radius 2 is 1.84 bits per heavy atom. The molecule has 0 bridgehead atoms. The minimum absolute atomic E-state index is 0.0160. The molecule has 1 aromatic rings. The smallest absolute Gasteiger partial charge is 0.305 e. The van der Waals surface area contributed by atoms with E-state index < -0.39 is 5.92 Å². The van der Waals surface area contributed by atoms with Crippen LogP contribution in [-0.4, -0.2) is 53.6 Å². The molecule has 2 amide bonds. The zero-order valence-electron chi connectivity index (χ0n) is 22.8. The van der Waals surface area contributed by atoms with E-state index in [2.05, 4.69) is 18.5 Å². The maximum Gasteiger partial charge on any atom is 0.305 e. The van der Waals surface area contributed by atoms with Crippen LogP contribution in [-0.2, 0) is 25.7 Å². The molecule has 38 heavy (non-hydrogen) atoms. The molecule has 2 rings (SSSR count). The van der Waals surface area contributed by atoms with Crippen LogP contribution in [0.4, 0.5) is 0 Å². The first kappa shape index (κ1) is 31.3. The van der Waals surface area contributed by atoms with E-state index in [-0.39, 0.29) is 50.0 Å². The van der Waals surface area contributed by atoms with Crippen LogP contribution >= 0.6 is 0 Å². The van der Waals surface area contributed by atoms with Crippen molar-refractivity contribution >= 4 is 17.8 Å². The van der Waals surface area contributed by atoms with Crippen molar-refractivity contribution in [3.05, 3.63) is 61.2 Å². The average molecular weight is 527 g/mol. The molecule has 0 spiro atoms. The third-order valence-electron chi connectivity index (χ3n) is 7.11. The molecule has 0 unspecified atom stereocenters. The lowest BCUT2D eigenvalue weighted by atomic mass is 9.84. The fourth-order valence-electron chi connectivity index (χ4n) is 5.01. The highest BCUT2D eigenvalue weighted by Gasteiger charge is 2.28. The largest absolute Gasteiger partial charge is 0.463 e. The number of carbonyl (C=O) groups is 3. The molecule has 1 aliphatic carbocycles. The molecule has 0 aliphatic heterocycles. The van der Waals surface area contributed by atoms with Gasteiger partial charge in [-0.15, -0.1) is 13.2 Å². The zero-order chi connectivity index (χ0) is 27.6. The first-order chi connectivity index (χ1) is 18.5. The predicted octanol–water partition coefficient (Wildman–Crippen LogP) is 4.94. The molecule has 0 heterocycles. The number of nitrogens with one attached hydrogen (secondary N) is 1. The van der Waals surface area contributed by atoms with Gasteiger partial charge in [0, 0.05) is 25.9 Å². The lowest BCUT2D eigenvalue weighted by Crippen LogP contribution is -2.44.